The molecule has 26 heavy (non-hydrogen) atoms. The van der Waals surface area contributed by atoms with Crippen molar-refractivity contribution in [3.8, 4) is 0 Å². The number of amides is 2. The number of anilines is 1. The van der Waals surface area contributed by atoms with E-state index < -0.39 is 29.0 Å². The highest BCUT2D eigenvalue weighted by molar-refractivity contribution is 6.06. The lowest BCUT2D eigenvalue weighted by Crippen LogP contribution is -2.32. The maximum absolute atomic E-state index is 13.7. The van der Waals surface area contributed by atoms with Crippen LogP contribution in [-0.4, -0.2) is 17.9 Å². The maximum Gasteiger partial charge on any atom is 0.255 e. The van der Waals surface area contributed by atoms with Crippen molar-refractivity contribution in [1.29, 1.82) is 0 Å². The molecule has 0 heterocycles. The molecule has 0 aliphatic heterocycles. The summed E-state index contributed by atoms with van der Waals surface area (Å²) in [6.07, 6.45) is 4.02. The van der Waals surface area contributed by atoms with Crippen LogP contribution in [0.25, 0.3) is 0 Å². The molecule has 2 N–H and O–H groups in total. The molecule has 0 bridgehead atoms. The number of rotatable bonds is 4. The van der Waals surface area contributed by atoms with Crippen molar-refractivity contribution in [1.82, 2.24) is 5.32 Å². The number of benzene rings is 2. The Kier molecular flexibility index (Phi) is 5.25. The van der Waals surface area contributed by atoms with Crippen LogP contribution in [0.3, 0.4) is 0 Å². The SMILES string of the molecule is O=C(Nc1ccc(F)c(F)c1F)c1cccc(C(=O)NC2CCCC2)c1. The topological polar surface area (TPSA) is 58.2 Å². The molecule has 0 atom stereocenters. The van der Waals surface area contributed by atoms with Gasteiger partial charge in [0.05, 0.1) is 5.69 Å². The molecule has 7 heteroatoms. The Morgan fingerprint density at radius 2 is 1.54 bits per heavy atom. The monoisotopic (exact) mass is 362 g/mol. The summed E-state index contributed by atoms with van der Waals surface area (Å²) in [5.41, 5.74) is -0.0711. The van der Waals surface area contributed by atoms with Gasteiger partial charge in [0.25, 0.3) is 11.8 Å². The van der Waals surface area contributed by atoms with Gasteiger partial charge >= 0.3 is 0 Å². The van der Waals surface area contributed by atoms with E-state index in [1.807, 2.05) is 0 Å². The van der Waals surface area contributed by atoms with Gasteiger partial charge in [-0.3, -0.25) is 9.59 Å². The summed E-state index contributed by atoms with van der Waals surface area (Å²) in [6.45, 7) is 0. The van der Waals surface area contributed by atoms with Crippen LogP contribution in [0.2, 0.25) is 0 Å². The van der Waals surface area contributed by atoms with Crippen molar-refractivity contribution >= 4 is 17.5 Å². The number of hydrogen-bond acceptors (Lipinski definition) is 2. The third-order valence-electron chi connectivity index (χ3n) is 4.36. The molecule has 1 aliphatic carbocycles. The molecule has 0 aromatic heterocycles. The molecule has 0 radical (unpaired) electrons. The van der Waals surface area contributed by atoms with Gasteiger partial charge in [0.1, 0.15) is 0 Å². The maximum atomic E-state index is 13.7. The summed E-state index contributed by atoms with van der Waals surface area (Å²) in [7, 11) is 0. The third kappa shape index (κ3) is 3.87. The number of carbonyl (C=O) groups excluding carboxylic acids is 2. The van der Waals surface area contributed by atoms with E-state index in [4.69, 9.17) is 0 Å². The van der Waals surface area contributed by atoms with Crippen molar-refractivity contribution in [2.24, 2.45) is 0 Å². The molecule has 4 nitrogen and oxygen atoms in total. The van der Waals surface area contributed by atoms with Gasteiger partial charge in [0, 0.05) is 17.2 Å². The van der Waals surface area contributed by atoms with Crippen molar-refractivity contribution in [2.45, 2.75) is 31.7 Å². The Hall–Kier alpha value is -2.83. The van der Waals surface area contributed by atoms with E-state index in [1.54, 1.807) is 6.07 Å². The zero-order chi connectivity index (χ0) is 18.7. The lowest BCUT2D eigenvalue weighted by molar-refractivity contribution is 0.0938. The third-order valence-corrected chi connectivity index (χ3v) is 4.36. The first kappa shape index (κ1) is 18.0. The van der Waals surface area contributed by atoms with E-state index in [-0.39, 0.29) is 17.5 Å². The number of hydrogen-bond donors (Lipinski definition) is 2. The molecule has 3 rings (SSSR count). The first-order valence-electron chi connectivity index (χ1n) is 8.31. The smallest absolute Gasteiger partial charge is 0.255 e. The van der Waals surface area contributed by atoms with Gasteiger partial charge in [-0.05, 0) is 43.2 Å². The Balaban J connectivity index is 1.74. The standard InChI is InChI=1S/C19H17F3N2O2/c20-14-8-9-15(17(22)16(14)21)24-19(26)12-5-3-4-11(10-12)18(25)23-13-6-1-2-7-13/h3-5,8-10,13H,1-2,6-7H2,(H,23,25)(H,24,26). The number of halogens is 3. The molecule has 1 saturated carbocycles. The van der Waals surface area contributed by atoms with Crippen LogP contribution >= 0.6 is 0 Å². The average Bonchev–Trinajstić information content (AvgIpc) is 3.15. The largest absolute Gasteiger partial charge is 0.349 e. The zero-order valence-electron chi connectivity index (χ0n) is 13.8. The van der Waals surface area contributed by atoms with Gasteiger partial charge in [-0.2, -0.15) is 0 Å². The molecule has 0 saturated heterocycles. The van der Waals surface area contributed by atoms with Crippen molar-refractivity contribution in [2.75, 3.05) is 5.32 Å². The first-order chi connectivity index (χ1) is 12.5. The van der Waals surface area contributed by atoms with E-state index in [1.165, 1.54) is 18.2 Å². The Labute approximate surface area is 148 Å². The molecule has 2 aromatic rings. The average molecular weight is 362 g/mol. The fraction of sp³-hybridized carbons (Fsp3) is 0.263. The van der Waals surface area contributed by atoms with Gasteiger partial charge < -0.3 is 10.6 Å². The van der Waals surface area contributed by atoms with E-state index >= 15 is 0 Å². The summed E-state index contributed by atoms with van der Waals surface area (Å²) < 4.78 is 39.9. The zero-order valence-corrected chi connectivity index (χ0v) is 13.8. The normalized spacial score (nSPS) is 14.3. The minimum Gasteiger partial charge on any atom is -0.349 e. The number of nitrogens with one attached hydrogen (secondary N) is 2. The van der Waals surface area contributed by atoms with Gasteiger partial charge in [0.2, 0.25) is 0 Å². The predicted octanol–water partition coefficient (Wildman–Crippen LogP) is 4.03. The lowest BCUT2D eigenvalue weighted by Gasteiger charge is -2.12. The van der Waals surface area contributed by atoms with Gasteiger partial charge in [0.15, 0.2) is 17.5 Å². The summed E-state index contributed by atoms with van der Waals surface area (Å²) in [5, 5.41) is 5.09. The second-order valence-electron chi connectivity index (χ2n) is 6.21. The molecule has 2 aromatic carbocycles. The fourth-order valence-electron chi connectivity index (χ4n) is 2.96. The van der Waals surface area contributed by atoms with Crippen LogP contribution in [0, 0.1) is 17.5 Å². The molecular formula is C19H17F3N2O2. The molecule has 0 spiro atoms. The second kappa shape index (κ2) is 7.59. The molecule has 0 unspecified atom stereocenters. The second-order valence-corrected chi connectivity index (χ2v) is 6.21. The van der Waals surface area contributed by atoms with Crippen molar-refractivity contribution < 1.29 is 22.8 Å². The predicted molar refractivity (Wildman–Crippen MR) is 90.4 cm³/mol. The van der Waals surface area contributed by atoms with Crippen LogP contribution < -0.4 is 10.6 Å². The summed E-state index contributed by atoms with van der Waals surface area (Å²) in [6, 6.07) is 7.70. The van der Waals surface area contributed by atoms with Crippen molar-refractivity contribution in [3.63, 3.8) is 0 Å². The quantitative estimate of drug-likeness (QED) is 0.807. The fourth-order valence-corrected chi connectivity index (χ4v) is 2.96. The highest BCUT2D eigenvalue weighted by Crippen LogP contribution is 2.21. The van der Waals surface area contributed by atoms with Crippen LogP contribution in [0.5, 0.6) is 0 Å². The highest BCUT2D eigenvalue weighted by atomic mass is 19.2. The van der Waals surface area contributed by atoms with Gasteiger partial charge in [-0.25, -0.2) is 13.2 Å². The Morgan fingerprint density at radius 1 is 0.885 bits per heavy atom. The van der Waals surface area contributed by atoms with E-state index in [0.717, 1.165) is 37.8 Å². The summed E-state index contributed by atoms with van der Waals surface area (Å²) in [4.78, 5) is 24.5. The summed E-state index contributed by atoms with van der Waals surface area (Å²) >= 11 is 0. The molecule has 136 valence electrons. The minimum absolute atomic E-state index is 0.105. The van der Waals surface area contributed by atoms with Gasteiger partial charge in [-0.15, -0.1) is 0 Å². The van der Waals surface area contributed by atoms with E-state index in [2.05, 4.69) is 10.6 Å². The summed E-state index contributed by atoms with van der Waals surface area (Å²) in [5.74, 6) is -5.50. The van der Waals surface area contributed by atoms with Crippen LogP contribution in [0.4, 0.5) is 18.9 Å². The molecular weight excluding hydrogens is 345 g/mol. The first-order valence-corrected chi connectivity index (χ1v) is 8.31. The van der Waals surface area contributed by atoms with Crippen LogP contribution in [0.15, 0.2) is 36.4 Å². The molecule has 2 amide bonds. The van der Waals surface area contributed by atoms with Crippen molar-refractivity contribution in [3.05, 3.63) is 65.0 Å². The van der Waals surface area contributed by atoms with E-state index in [0.29, 0.717) is 5.56 Å². The minimum atomic E-state index is -1.66. The van der Waals surface area contributed by atoms with Crippen LogP contribution in [-0.2, 0) is 0 Å². The van der Waals surface area contributed by atoms with E-state index in [9.17, 15) is 22.8 Å². The van der Waals surface area contributed by atoms with Gasteiger partial charge in [-0.1, -0.05) is 18.9 Å². The highest BCUT2D eigenvalue weighted by Gasteiger charge is 2.19. The molecule has 1 aliphatic rings. The Bertz CT molecular complexity index is 849. The lowest BCUT2D eigenvalue weighted by atomic mass is 10.1. The number of carbonyl (C=O) groups is 2. The van der Waals surface area contributed by atoms with Crippen LogP contribution in [0.1, 0.15) is 46.4 Å². The Morgan fingerprint density at radius 3 is 2.23 bits per heavy atom. The molecule has 1 fully saturated rings.